The predicted molar refractivity (Wildman–Crippen MR) is 129 cm³/mol. The summed E-state index contributed by atoms with van der Waals surface area (Å²) < 4.78 is 27.4. The summed E-state index contributed by atoms with van der Waals surface area (Å²) in [5, 5.41) is 14.3. The number of amides is 1. The highest BCUT2D eigenvalue weighted by atomic mass is 35.5. The Balaban J connectivity index is 1.42. The molecular weight excluding hydrogens is 480 g/mol. The largest absolute Gasteiger partial charge is 0.298 e. The number of anilines is 2. The number of benzene rings is 3. The van der Waals surface area contributed by atoms with Gasteiger partial charge in [-0.25, -0.2) is 13.4 Å². The topological polar surface area (TPSA) is 112 Å². The van der Waals surface area contributed by atoms with E-state index in [1.165, 1.54) is 59.9 Å². The van der Waals surface area contributed by atoms with Crippen molar-refractivity contribution >= 4 is 49.7 Å². The minimum absolute atomic E-state index is 0.0792. The lowest BCUT2D eigenvalue weighted by molar-refractivity contribution is 0.102. The van der Waals surface area contributed by atoms with Crippen molar-refractivity contribution in [3.63, 3.8) is 0 Å². The van der Waals surface area contributed by atoms with Crippen LogP contribution in [0.4, 0.5) is 10.8 Å². The normalized spacial score (nSPS) is 10.9. The molecular formula is C23H15ClN4O3S2. The Hall–Kier alpha value is -3.71. The van der Waals surface area contributed by atoms with Gasteiger partial charge >= 0.3 is 0 Å². The molecule has 1 amide bonds. The van der Waals surface area contributed by atoms with Crippen LogP contribution in [0, 0.1) is 11.3 Å². The summed E-state index contributed by atoms with van der Waals surface area (Å²) in [5.74, 6) is -0.372. The molecule has 2 N–H and O–H groups in total. The van der Waals surface area contributed by atoms with Crippen molar-refractivity contribution in [3.8, 4) is 17.3 Å². The summed E-state index contributed by atoms with van der Waals surface area (Å²) in [4.78, 5) is 17.1. The molecule has 0 radical (unpaired) electrons. The van der Waals surface area contributed by atoms with Crippen molar-refractivity contribution in [2.24, 2.45) is 0 Å². The van der Waals surface area contributed by atoms with Crippen molar-refractivity contribution in [2.75, 3.05) is 10.0 Å². The van der Waals surface area contributed by atoms with E-state index >= 15 is 0 Å². The Morgan fingerprint density at radius 3 is 2.27 bits per heavy atom. The highest BCUT2D eigenvalue weighted by molar-refractivity contribution is 7.92. The standard InChI is InChI=1S/C23H15ClN4O3S2/c24-18-7-11-20(12-8-18)33(30,31)28-19-9-5-17(6-10-19)22(29)27-23-26-21(14-32-23)16-3-1-15(13-25)2-4-16/h1-12,14,28H,(H,26,27,29). The molecule has 0 fully saturated rings. The van der Waals surface area contributed by atoms with Gasteiger partial charge in [0, 0.05) is 27.2 Å². The molecule has 1 heterocycles. The number of halogens is 1. The van der Waals surface area contributed by atoms with E-state index in [2.05, 4.69) is 21.1 Å². The summed E-state index contributed by atoms with van der Waals surface area (Å²) in [6.45, 7) is 0. The van der Waals surface area contributed by atoms with Crippen LogP contribution in [0.1, 0.15) is 15.9 Å². The average Bonchev–Trinajstić information content (AvgIpc) is 3.28. The van der Waals surface area contributed by atoms with Crippen LogP contribution in [0.3, 0.4) is 0 Å². The molecule has 0 spiro atoms. The van der Waals surface area contributed by atoms with Crippen LogP contribution in [0.25, 0.3) is 11.3 Å². The maximum Gasteiger partial charge on any atom is 0.261 e. The SMILES string of the molecule is N#Cc1ccc(-c2csc(NC(=O)c3ccc(NS(=O)(=O)c4ccc(Cl)cc4)cc3)n2)cc1. The summed E-state index contributed by atoms with van der Waals surface area (Å²) in [6.07, 6.45) is 0. The molecule has 0 saturated heterocycles. The number of thiazole rings is 1. The molecule has 0 aliphatic rings. The van der Waals surface area contributed by atoms with E-state index in [-0.39, 0.29) is 10.8 Å². The molecule has 3 aromatic carbocycles. The lowest BCUT2D eigenvalue weighted by Gasteiger charge is -2.09. The first-order valence-corrected chi connectivity index (χ1v) is 12.2. The predicted octanol–water partition coefficient (Wildman–Crippen LogP) is 5.39. The molecule has 10 heteroatoms. The van der Waals surface area contributed by atoms with E-state index in [9.17, 15) is 13.2 Å². The quantitative estimate of drug-likeness (QED) is 0.373. The molecule has 33 heavy (non-hydrogen) atoms. The lowest BCUT2D eigenvalue weighted by Crippen LogP contribution is -2.14. The molecule has 0 aliphatic carbocycles. The Bertz CT molecular complexity index is 1440. The highest BCUT2D eigenvalue weighted by Crippen LogP contribution is 2.26. The van der Waals surface area contributed by atoms with Gasteiger partial charge in [0.25, 0.3) is 15.9 Å². The number of nitriles is 1. The fourth-order valence-electron chi connectivity index (χ4n) is 2.87. The van der Waals surface area contributed by atoms with Gasteiger partial charge in [-0.3, -0.25) is 14.8 Å². The van der Waals surface area contributed by atoms with E-state index in [0.717, 1.165) is 5.56 Å². The van der Waals surface area contributed by atoms with Gasteiger partial charge in [0.05, 0.1) is 22.2 Å². The third kappa shape index (κ3) is 5.38. The first-order valence-electron chi connectivity index (χ1n) is 9.50. The second kappa shape index (κ2) is 9.42. The molecule has 164 valence electrons. The monoisotopic (exact) mass is 494 g/mol. The van der Waals surface area contributed by atoms with Gasteiger partial charge in [-0.15, -0.1) is 11.3 Å². The number of nitrogens with one attached hydrogen (secondary N) is 2. The number of sulfonamides is 1. The number of rotatable bonds is 6. The van der Waals surface area contributed by atoms with Crippen LogP contribution in [0.15, 0.2) is 83.1 Å². The number of carbonyl (C=O) groups excluding carboxylic acids is 1. The Labute approximate surface area is 199 Å². The van der Waals surface area contributed by atoms with Gasteiger partial charge in [0.1, 0.15) is 0 Å². The summed E-state index contributed by atoms with van der Waals surface area (Å²) in [5.41, 5.74) is 2.75. The third-order valence-corrected chi connectivity index (χ3v) is 6.96. The summed E-state index contributed by atoms with van der Waals surface area (Å²) in [6, 6.07) is 20.9. The average molecular weight is 495 g/mol. The smallest absolute Gasteiger partial charge is 0.261 e. The first kappa shape index (κ1) is 22.5. The van der Waals surface area contributed by atoms with E-state index in [4.69, 9.17) is 16.9 Å². The van der Waals surface area contributed by atoms with Gasteiger partial charge in [0.15, 0.2) is 5.13 Å². The van der Waals surface area contributed by atoms with Crippen molar-refractivity contribution in [1.29, 1.82) is 5.26 Å². The van der Waals surface area contributed by atoms with Gasteiger partial charge in [-0.1, -0.05) is 23.7 Å². The van der Waals surface area contributed by atoms with E-state index in [1.54, 1.807) is 24.3 Å². The zero-order valence-electron chi connectivity index (χ0n) is 16.8. The van der Waals surface area contributed by atoms with Crippen LogP contribution in [0.2, 0.25) is 5.02 Å². The highest BCUT2D eigenvalue weighted by Gasteiger charge is 2.15. The van der Waals surface area contributed by atoms with Gasteiger partial charge in [-0.2, -0.15) is 5.26 Å². The lowest BCUT2D eigenvalue weighted by atomic mass is 10.1. The van der Waals surface area contributed by atoms with E-state index in [0.29, 0.717) is 32.7 Å². The van der Waals surface area contributed by atoms with Gasteiger partial charge in [0.2, 0.25) is 0 Å². The van der Waals surface area contributed by atoms with Crippen LogP contribution in [-0.4, -0.2) is 19.3 Å². The summed E-state index contributed by atoms with van der Waals surface area (Å²) >= 11 is 7.08. The molecule has 4 rings (SSSR count). The molecule has 4 aromatic rings. The second-order valence-electron chi connectivity index (χ2n) is 6.82. The van der Waals surface area contributed by atoms with Crippen LogP contribution < -0.4 is 10.0 Å². The molecule has 0 saturated carbocycles. The van der Waals surface area contributed by atoms with E-state index < -0.39 is 10.0 Å². The minimum atomic E-state index is -3.78. The maximum atomic E-state index is 12.6. The Morgan fingerprint density at radius 1 is 0.970 bits per heavy atom. The molecule has 1 aromatic heterocycles. The van der Waals surface area contributed by atoms with E-state index in [1.807, 2.05) is 5.38 Å². The van der Waals surface area contributed by atoms with Crippen molar-refractivity contribution in [3.05, 3.63) is 94.3 Å². The first-order chi connectivity index (χ1) is 15.8. The van der Waals surface area contributed by atoms with Crippen LogP contribution in [-0.2, 0) is 10.0 Å². The number of hydrogen-bond donors (Lipinski definition) is 2. The minimum Gasteiger partial charge on any atom is -0.298 e. The maximum absolute atomic E-state index is 12.6. The second-order valence-corrected chi connectivity index (χ2v) is 9.79. The third-order valence-electron chi connectivity index (χ3n) is 4.56. The van der Waals surface area contributed by atoms with Crippen molar-refractivity contribution in [1.82, 2.24) is 4.98 Å². The number of hydrogen-bond acceptors (Lipinski definition) is 6. The number of nitrogens with zero attached hydrogens (tertiary/aromatic N) is 2. The molecule has 0 atom stereocenters. The van der Waals surface area contributed by atoms with Crippen LogP contribution >= 0.6 is 22.9 Å². The summed E-state index contributed by atoms with van der Waals surface area (Å²) in [7, 11) is -3.78. The molecule has 0 unspecified atom stereocenters. The molecule has 0 bridgehead atoms. The Kier molecular flexibility index (Phi) is 6.42. The number of carbonyl (C=O) groups is 1. The Morgan fingerprint density at radius 2 is 1.64 bits per heavy atom. The van der Waals surface area contributed by atoms with Crippen LogP contribution in [0.5, 0.6) is 0 Å². The van der Waals surface area contributed by atoms with Gasteiger partial charge < -0.3 is 0 Å². The number of aromatic nitrogens is 1. The zero-order chi connectivity index (χ0) is 23.4. The van der Waals surface area contributed by atoms with Crippen molar-refractivity contribution < 1.29 is 13.2 Å². The fraction of sp³-hybridized carbons (Fsp3) is 0. The van der Waals surface area contributed by atoms with Gasteiger partial charge in [-0.05, 0) is 60.7 Å². The fourth-order valence-corrected chi connectivity index (χ4v) is 4.77. The zero-order valence-corrected chi connectivity index (χ0v) is 19.2. The molecule has 7 nitrogen and oxygen atoms in total. The molecule has 0 aliphatic heterocycles. The van der Waals surface area contributed by atoms with Crippen molar-refractivity contribution in [2.45, 2.75) is 4.90 Å².